The maximum absolute atomic E-state index is 12.9. The normalized spacial score (nSPS) is 16.4. The number of aromatic nitrogens is 1. The first-order valence-electron chi connectivity index (χ1n) is 11.4. The standard InChI is InChI=1S/C25H30N4O4S/c1-3-13-33-25(32)20(15-26)24-29(4-2)23(31)22(34-24)16-27-19-10-8-9-18(14-19)21(30)17-28-11-6-5-7-12-28/h3,8-10,14,16,21,27,30H,1,4-7,11-13,17H2,2H3. The molecule has 1 unspecified atom stereocenters. The summed E-state index contributed by atoms with van der Waals surface area (Å²) in [6.45, 7) is 8.15. The summed E-state index contributed by atoms with van der Waals surface area (Å²) in [5, 5.41) is 23.3. The summed E-state index contributed by atoms with van der Waals surface area (Å²) in [5.74, 6) is -0.791. The number of rotatable bonds is 9. The van der Waals surface area contributed by atoms with Crippen molar-refractivity contribution in [2.24, 2.45) is 0 Å². The van der Waals surface area contributed by atoms with Crippen LogP contribution in [0.15, 0.2) is 41.7 Å². The fourth-order valence-electron chi connectivity index (χ4n) is 3.86. The molecule has 0 amide bonds. The van der Waals surface area contributed by atoms with Gasteiger partial charge in [0, 0.05) is 25.0 Å². The molecule has 3 rings (SSSR count). The van der Waals surface area contributed by atoms with Gasteiger partial charge >= 0.3 is 5.97 Å². The molecule has 1 fully saturated rings. The number of thiazole rings is 1. The molecule has 1 saturated heterocycles. The van der Waals surface area contributed by atoms with Crippen molar-refractivity contribution in [2.75, 3.05) is 31.6 Å². The van der Waals surface area contributed by atoms with Crippen molar-refractivity contribution in [3.05, 3.63) is 62.0 Å². The van der Waals surface area contributed by atoms with E-state index >= 15 is 0 Å². The Hall–Kier alpha value is -3.19. The Morgan fingerprint density at radius 2 is 2.15 bits per heavy atom. The number of nitrogens with zero attached hydrogens (tertiary/aromatic N) is 3. The van der Waals surface area contributed by atoms with Crippen LogP contribution in [0, 0.1) is 11.3 Å². The molecule has 1 aromatic carbocycles. The average Bonchev–Trinajstić information content (AvgIpc) is 3.17. The van der Waals surface area contributed by atoms with Crippen molar-refractivity contribution in [2.45, 2.75) is 38.8 Å². The Kier molecular flexibility index (Phi) is 9.22. The third-order valence-corrected chi connectivity index (χ3v) is 6.74. The zero-order valence-corrected chi connectivity index (χ0v) is 20.1. The van der Waals surface area contributed by atoms with Gasteiger partial charge in [-0.05, 0) is 50.6 Å². The number of nitrogens with one attached hydrogen (secondary N) is 1. The van der Waals surface area contributed by atoms with E-state index in [4.69, 9.17) is 4.74 Å². The Balaban J connectivity index is 1.86. The highest BCUT2D eigenvalue weighted by Crippen LogP contribution is 2.20. The van der Waals surface area contributed by atoms with Crippen molar-refractivity contribution in [3.63, 3.8) is 0 Å². The SMILES string of the molecule is C=CCOC(=O)C(C#N)=c1sc(=CNc2cccc(C(O)CN3CCCCC3)c2)c(=O)n1CC. The first-order chi connectivity index (χ1) is 16.5. The summed E-state index contributed by atoms with van der Waals surface area (Å²) in [7, 11) is 0. The van der Waals surface area contributed by atoms with E-state index in [2.05, 4.69) is 16.8 Å². The minimum Gasteiger partial charge on any atom is -0.457 e. The van der Waals surface area contributed by atoms with E-state index in [1.807, 2.05) is 30.3 Å². The van der Waals surface area contributed by atoms with Crippen LogP contribution in [0.1, 0.15) is 37.9 Å². The molecule has 1 aliphatic rings. The molecule has 180 valence electrons. The molecule has 0 bridgehead atoms. The number of aliphatic hydroxyl groups is 1. The zero-order valence-electron chi connectivity index (χ0n) is 19.3. The van der Waals surface area contributed by atoms with Crippen LogP contribution >= 0.6 is 11.3 Å². The predicted octanol–water partition coefficient (Wildman–Crippen LogP) is 1.70. The maximum atomic E-state index is 12.9. The van der Waals surface area contributed by atoms with Crippen LogP contribution < -0.4 is 20.1 Å². The number of anilines is 1. The number of benzene rings is 1. The molecule has 2 N–H and O–H groups in total. The second-order valence-electron chi connectivity index (χ2n) is 7.99. The highest BCUT2D eigenvalue weighted by Gasteiger charge is 2.17. The van der Waals surface area contributed by atoms with Gasteiger partial charge in [-0.3, -0.25) is 9.36 Å². The van der Waals surface area contributed by atoms with E-state index in [9.17, 15) is 20.0 Å². The number of carbonyl (C=O) groups excluding carboxylic acids is 1. The van der Waals surface area contributed by atoms with Crippen LogP contribution in [-0.2, 0) is 16.1 Å². The molecule has 0 radical (unpaired) electrons. The minimum absolute atomic E-state index is 0.0216. The summed E-state index contributed by atoms with van der Waals surface area (Å²) in [6, 6.07) is 9.31. The van der Waals surface area contributed by atoms with E-state index in [0.717, 1.165) is 48.5 Å². The molecular formula is C25H30N4O4S. The number of carbonyl (C=O) groups is 1. The monoisotopic (exact) mass is 482 g/mol. The third kappa shape index (κ3) is 6.23. The summed E-state index contributed by atoms with van der Waals surface area (Å²) in [5.41, 5.74) is 1.00. The van der Waals surface area contributed by atoms with Crippen LogP contribution in [-0.4, -0.2) is 46.8 Å². The van der Waals surface area contributed by atoms with Crippen LogP contribution in [0.25, 0.3) is 11.8 Å². The lowest BCUT2D eigenvalue weighted by Gasteiger charge is -2.28. The van der Waals surface area contributed by atoms with Gasteiger partial charge < -0.3 is 20.1 Å². The summed E-state index contributed by atoms with van der Waals surface area (Å²) >= 11 is 1.05. The number of aliphatic hydroxyl groups excluding tert-OH is 1. The average molecular weight is 483 g/mol. The van der Waals surface area contributed by atoms with Gasteiger partial charge in [0.2, 0.25) is 0 Å². The van der Waals surface area contributed by atoms with Gasteiger partial charge in [0.25, 0.3) is 5.56 Å². The maximum Gasteiger partial charge on any atom is 0.352 e. The Bertz CT molecular complexity index is 1230. The van der Waals surface area contributed by atoms with Crippen LogP contribution in [0.2, 0.25) is 0 Å². The topological polar surface area (TPSA) is 108 Å². The highest BCUT2D eigenvalue weighted by molar-refractivity contribution is 7.07. The lowest BCUT2D eigenvalue weighted by Crippen LogP contribution is -2.33. The van der Waals surface area contributed by atoms with Crippen molar-refractivity contribution >= 4 is 34.8 Å². The second kappa shape index (κ2) is 12.3. The third-order valence-electron chi connectivity index (χ3n) is 5.61. The molecule has 0 saturated carbocycles. The Morgan fingerprint density at radius 1 is 1.38 bits per heavy atom. The quantitative estimate of drug-likeness (QED) is 0.414. The lowest BCUT2D eigenvalue weighted by atomic mass is 10.1. The molecule has 9 heteroatoms. The van der Waals surface area contributed by atoms with Gasteiger partial charge in [-0.1, -0.05) is 31.2 Å². The molecule has 1 aliphatic heterocycles. The van der Waals surface area contributed by atoms with Crippen molar-refractivity contribution < 1.29 is 14.6 Å². The molecular weight excluding hydrogens is 452 g/mol. The van der Waals surface area contributed by atoms with Gasteiger partial charge in [0.1, 0.15) is 21.9 Å². The Labute approximate surface area is 202 Å². The van der Waals surface area contributed by atoms with E-state index in [1.54, 1.807) is 13.1 Å². The van der Waals surface area contributed by atoms with Gasteiger partial charge in [0.05, 0.1) is 6.10 Å². The lowest BCUT2D eigenvalue weighted by molar-refractivity contribution is -0.135. The highest BCUT2D eigenvalue weighted by atomic mass is 32.1. The number of hydrogen-bond acceptors (Lipinski definition) is 8. The first-order valence-corrected chi connectivity index (χ1v) is 12.2. The molecule has 2 aromatic rings. The number of hydrogen-bond donors (Lipinski definition) is 2. The smallest absolute Gasteiger partial charge is 0.352 e. The summed E-state index contributed by atoms with van der Waals surface area (Å²) in [6.07, 6.45) is 5.95. The Morgan fingerprint density at radius 3 is 2.82 bits per heavy atom. The van der Waals surface area contributed by atoms with Gasteiger partial charge in [0.15, 0.2) is 5.57 Å². The van der Waals surface area contributed by atoms with Gasteiger partial charge in [-0.2, -0.15) is 5.26 Å². The summed E-state index contributed by atoms with van der Waals surface area (Å²) in [4.78, 5) is 27.4. The molecule has 0 spiro atoms. The van der Waals surface area contributed by atoms with E-state index in [1.165, 1.54) is 17.1 Å². The van der Waals surface area contributed by atoms with E-state index in [-0.39, 0.29) is 22.4 Å². The van der Waals surface area contributed by atoms with Crippen LogP contribution in [0.5, 0.6) is 0 Å². The van der Waals surface area contributed by atoms with Gasteiger partial charge in [-0.25, -0.2) is 4.79 Å². The molecule has 0 aliphatic carbocycles. The number of piperidine rings is 1. The number of nitriles is 1. The van der Waals surface area contributed by atoms with Gasteiger partial charge in [-0.15, -0.1) is 11.3 Å². The minimum atomic E-state index is -0.791. The van der Waals surface area contributed by atoms with Crippen molar-refractivity contribution in [1.29, 1.82) is 5.26 Å². The second-order valence-corrected chi connectivity index (χ2v) is 9.02. The number of β-amino-alcohol motifs (C(OH)–C–C–N with tert-alkyl or cyclic N) is 1. The van der Waals surface area contributed by atoms with E-state index < -0.39 is 12.1 Å². The zero-order chi connectivity index (χ0) is 24.5. The number of likely N-dealkylation sites (tertiary alicyclic amines) is 1. The largest absolute Gasteiger partial charge is 0.457 e. The molecule has 1 atom stereocenters. The number of ether oxygens (including phenoxy) is 1. The predicted molar refractivity (Wildman–Crippen MR) is 133 cm³/mol. The fraction of sp³-hybridized carbons (Fsp3) is 0.400. The fourth-order valence-corrected chi connectivity index (χ4v) is 4.93. The van der Waals surface area contributed by atoms with Crippen molar-refractivity contribution in [1.82, 2.24) is 9.47 Å². The summed E-state index contributed by atoms with van der Waals surface area (Å²) < 4.78 is 6.97. The van der Waals surface area contributed by atoms with Crippen LogP contribution in [0.4, 0.5) is 5.69 Å². The van der Waals surface area contributed by atoms with Crippen molar-refractivity contribution in [3.8, 4) is 6.07 Å². The number of esters is 1. The van der Waals surface area contributed by atoms with E-state index in [0.29, 0.717) is 17.6 Å². The first kappa shape index (κ1) is 25.4. The molecule has 34 heavy (non-hydrogen) atoms. The molecule has 2 heterocycles. The van der Waals surface area contributed by atoms with Crippen LogP contribution in [0.3, 0.4) is 0 Å². The molecule has 8 nitrogen and oxygen atoms in total. The molecule has 1 aromatic heterocycles.